The van der Waals surface area contributed by atoms with Gasteiger partial charge in [0.15, 0.2) is 0 Å². The number of benzene rings is 2. The van der Waals surface area contributed by atoms with Crippen LogP contribution in [0.4, 0.5) is 24.7 Å². The van der Waals surface area contributed by atoms with Crippen molar-refractivity contribution < 1.29 is 13.2 Å². The molecule has 1 N–H and O–H groups in total. The van der Waals surface area contributed by atoms with Gasteiger partial charge in [0.05, 0.1) is 10.4 Å². The predicted molar refractivity (Wildman–Crippen MR) is 133 cm³/mol. The van der Waals surface area contributed by atoms with Gasteiger partial charge in [-0.1, -0.05) is 36.1 Å². The minimum absolute atomic E-state index is 0.309. The second-order valence-corrected chi connectivity index (χ2v) is 8.91. The molecule has 0 bridgehead atoms. The van der Waals surface area contributed by atoms with Crippen molar-refractivity contribution in [3.63, 3.8) is 0 Å². The van der Waals surface area contributed by atoms with Crippen LogP contribution in [0.2, 0.25) is 0 Å². The number of anilines is 2. The summed E-state index contributed by atoms with van der Waals surface area (Å²) in [7, 11) is 0. The van der Waals surface area contributed by atoms with E-state index in [-0.39, 0.29) is 0 Å². The highest BCUT2D eigenvalue weighted by Crippen LogP contribution is 2.37. The molecule has 2 aromatic carbocycles. The summed E-state index contributed by atoms with van der Waals surface area (Å²) in [5.74, 6) is 7.32. The molecule has 3 heterocycles. The van der Waals surface area contributed by atoms with Gasteiger partial charge in [-0.15, -0.1) is 11.3 Å². The van der Waals surface area contributed by atoms with Gasteiger partial charge in [-0.05, 0) is 56.3 Å². The maximum absolute atomic E-state index is 13.3. The van der Waals surface area contributed by atoms with E-state index in [1.54, 1.807) is 6.07 Å². The number of halogens is 3. The highest BCUT2D eigenvalue weighted by molar-refractivity contribution is 7.13. The molecule has 0 fully saturated rings. The van der Waals surface area contributed by atoms with E-state index >= 15 is 0 Å². The smallest absolute Gasteiger partial charge is 0.339 e. The Morgan fingerprint density at radius 1 is 0.886 bits per heavy atom. The number of thiophene rings is 1. The van der Waals surface area contributed by atoms with Crippen LogP contribution in [-0.4, -0.2) is 14.4 Å². The molecular formula is C27H19F3N4S. The van der Waals surface area contributed by atoms with E-state index in [1.807, 2.05) is 66.1 Å². The summed E-state index contributed by atoms with van der Waals surface area (Å²) in [6, 6.07) is 18.6. The molecule has 0 unspecified atom stereocenters. The second kappa shape index (κ2) is 8.93. The van der Waals surface area contributed by atoms with Gasteiger partial charge in [-0.25, -0.2) is 9.97 Å². The lowest BCUT2D eigenvalue weighted by Gasteiger charge is -2.12. The van der Waals surface area contributed by atoms with Crippen molar-refractivity contribution in [1.29, 1.82) is 0 Å². The first-order valence-electron chi connectivity index (χ1n) is 10.7. The topological polar surface area (TPSA) is 42.2 Å². The number of nitrogens with one attached hydrogen (secondary N) is 1. The summed E-state index contributed by atoms with van der Waals surface area (Å²) < 4.78 is 41.7. The van der Waals surface area contributed by atoms with E-state index in [2.05, 4.69) is 22.1 Å². The van der Waals surface area contributed by atoms with Gasteiger partial charge in [-0.2, -0.15) is 13.2 Å². The van der Waals surface area contributed by atoms with Crippen LogP contribution in [0.15, 0.2) is 72.1 Å². The van der Waals surface area contributed by atoms with Crippen LogP contribution in [-0.2, 0) is 6.18 Å². The molecule has 5 aromatic rings. The Morgan fingerprint density at radius 2 is 1.66 bits per heavy atom. The van der Waals surface area contributed by atoms with Crippen molar-refractivity contribution in [2.24, 2.45) is 0 Å². The van der Waals surface area contributed by atoms with Gasteiger partial charge in [0.25, 0.3) is 0 Å². The monoisotopic (exact) mass is 488 g/mol. The van der Waals surface area contributed by atoms with Gasteiger partial charge in [0.2, 0.25) is 5.78 Å². The molecule has 0 saturated carbocycles. The first-order valence-corrected chi connectivity index (χ1v) is 11.6. The molecule has 8 heteroatoms. The maximum atomic E-state index is 13.3. The van der Waals surface area contributed by atoms with Crippen molar-refractivity contribution in [3.8, 4) is 22.4 Å². The first-order chi connectivity index (χ1) is 16.8. The fourth-order valence-corrected chi connectivity index (χ4v) is 4.59. The van der Waals surface area contributed by atoms with E-state index in [0.29, 0.717) is 23.0 Å². The molecule has 0 aliphatic rings. The quantitative estimate of drug-likeness (QED) is 0.272. The predicted octanol–water partition coefficient (Wildman–Crippen LogP) is 7.24. The summed E-state index contributed by atoms with van der Waals surface area (Å²) in [5.41, 5.74) is 3.59. The number of imidazole rings is 1. The van der Waals surface area contributed by atoms with Gasteiger partial charge < -0.3 is 5.32 Å². The average molecular weight is 489 g/mol. The second-order valence-electron chi connectivity index (χ2n) is 8.00. The SMILES string of the molecule is Cc1cc(C)n2c(Nc3cccc(C(F)(F)F)c3)c(-c3cc(C#Cc4ccccc4)cs3)nc2n1. The molecule has 0 radical (unpaired) electrons. The van der Waals surface area contributed by atoms with Crippen LogP contribution in [0, 0.1) is 25.7 Å². The Labute approximate surface area is 204 Å². The summed E-state index contributed by atoms with van der Waals surface area (Å²) in [5, 5.41) is 5.10. The zero-order valence-electron chi connectivity index (χ0n) is 18.8. The number of aromatic nitrogens is 3. The van der Waals surface area contributed by atoms with Crippen molar-refractivity contribution in [1.82, 2.24) is 14.4 Å². The van der Waals surface area contributed by atoms with Gasteiger partial charge in [-0.3, -0.25) is 4.40 Å². The minimum atomic E-state index is -4.44. The Bertz CT molecular complexity index is 1590. The molecule has 5 rings (SSSR count). The molecule has 0 amide bonds. The van der Waals surface area contributed by atoms with Gasteiger partial charge in [0, 0.05) is 33.6 Å². The lowest BCUT2D eigenvalue weighted by atomic mass is 10.2. The normalized spacial score (nSPS) is 11.3. The fraction of sp³-hybridized carbons (Fsp3) is 0.111. The van der Waals surface area contributed by atoms with E-state index in [0.717, 1.165) is 39.5 Å². The Hall–Kier alpha value is -4.09. The largest absolute Gasteiger partial charge is 0.416 e. The van der Waals surface area contributed by atoms with Crippen molar-refractivity contribution in [2.45, 2.75) is 20.0 Å². The molecule has 4 nitrogen and oxygen atoms in total. The van der Waals surface area contributed by atoms with E-state index < -0.39 is 11.7 Å². The van der Waals surface area contributed by atoms with Crippen LogP contribution in [0.5, 0.6) is 0 Å². The van der Waals surface area contributed by atoms with Crippen molar-refractivity contribution >= 4 is 28.6 Å². The molecule has 174 valence electrons. The standard InChI is InChI=1S/C27H19F3N4S/c1-17-13-18(2)34-25(32-22-10-6-9-21(15-22)27(28,29)30)24(33-26(34)31-17)23-14-20(16-35-23)12-11-19-7-4-3-5-8-19/h3-10,13-16,32H,1-2H3. The van der Waals surface area contributed by atoms with Crippen molar-refractivity contribution in [3.05, 3.63) is 100 Å². The van der Waals surface area contributed by atoms with Crippen molar-refractivity contribution in [2.75, 3.05) is 5.32 Å². The lowest BCUT2D eigenvalue weighted by Crippen LogP contribution is -2.06. The number of hydrogen-bond donors (Lipinski definition) is 1. The summed E-state index contributed by atoms with van der Waals surface area (Å²) in [6.07, 6.45) is -4.44. The zero-order chi connectivity index (χ0) is 24.6. The Morgan fingerprint density at radius 3 is 2.43 bits per heavy atom. The molecule has 0 atom stereocenters. The average Bonchev–Trinajstić information content (AvgIpc) is 3.43. The van der Waals surface area contributed by atoms with Gasteiger partial charge in [0.1, 0.15) is 11.5 Å². The minimum Gasteiger partial charge on any atom is -0.339 e. The van der Waals surface area contributed by atoms with E-state index in [9.17, 15) is 13.2 Å². The Kier molecular flexibility index (Phi) is 5.79. The van der Waals surface area contributed by atoms with Gasteiger partial charge >= 0.3 is 6.18 Å². The first kappa shape index (κ1) is 22.7. The number of alkyl halides is 3. The van der Waals surface area contributed by atoms with Crippen LogP contribution in [0.25, 0.3) is 16.3 Å². The lowest BCUT2D eigenvalue weighted by molar-refractivity contribution is -0.137. The maximum Gasteiger partial charge on any atom is 0.416 e. The highest BCUT2D eigenvalue weighted by Gasteiger charge is 2.30. The van der Waals surface area contributed by atoms with Crippen LogP contribution < -0.4 is 5.32 Å². The molecular weight excluding hydrogens is 469 g/mol. The molecule has 0 aliphatic carbocycles. The summed E-state index contributed by atoms with van der Waals surface area (Å²) in [4.78, 5) is 10.1. The number of nitrogens with zero attached hydrogens (tertiary/aromatic N) is 3. The highest BCUT2D eigenvalue weighted by atomic mass is 32.1. The third-order valence-corrected chi connectivity index (χ3v) is 6.25. The number of rotatable bonds is 3. The van der Waals surface area contributed by atoms with E-state index in [4.69, 9.17) is 4.98 Å². The van der Waals surface area contributed by atoms with Crippen LogP contribution in [0.1, 0.15) is 28.1 Å². The summed E-state index contributed by atoms with van der Waals surface area (Å²) >= 11 is 1.47. The fourth-order valence-electron chi connectivity index (χ4n) is 3.76. The third kappa shape index (κ3) is 4.77. The number of hydrogen-bond acceptors (Lipinski definition) is 4. The van der Waals surface area contributed by atoms with Crippen LogP contribution in [0.3, 0.4) is 0 Å². The third-order valence-electron chi connectivity index (χ3n) is 5.32. The molecule has 3 aromatic heterocycles. The molecule has 0 aliphatic heterocycles. The molecule has 35 heavy (non-hydrogen) atoms. The van der Waals surface area contributed by atoms with E-state index in [1.165, 1.54) is 17.4 Å². The Balaban J connectivity index is 1.59. The van der Waals surface area contributed by atoms with Crippen LogP contribution >= 0.6 is 11.3 Å². The number of aryl methyl sites for hydroxylation is 2. The number of fused-ring (bicyclic) bond motifs is 1. The zero-order valence-corrected chi connectivity index (χ0v) is 19.6. The molecule has 0 saturated heterocycles. The summed E-state index contributed by atoms with van der Waals surface area (Å²) in [6.45, 7) is 3.79. The molecule has 0 spiro atoms.